The Kier molecular flexibility index (Phi) is 5.32. The molecule has 1 aromatic heterocycles. The predicted octanol–water partition coefficient (Wildman–Crippen LogP) is 3.04. The number of nitrogens with one attached hydrogen (secondary N) is 1. The smallest absolute Gasteiger partial charge is 0.227 e. The molecule has 170 valence electrons. The number of aliphatic hydroxyl groups excluding tert-OH is 2. The van der Waals surface area contributed by atoms with Gasteiger partial charge >= 0.3 is 0 Å². The van der Waals surface area contributed by atoms with E-state index < -0.39 is 35.3 Å². The van der Waals surface area contributed by atoms with E-state index in [-0.39, 0.29) is 6.42 Å². The van der Waals surface area contributed by atoms with Crippen molar-refractivity contribution in [1.82, 2.24) is 4.98 Å². The number of fused-ring (bicyclic) bond motifs is 1. The van der Waals surface area contributed by atoms with E-state index in [0.29, 0.717) is 17.2 Å². The molecule has 2 aliphatic rings. The molecule has 2 aromatic carbocycles. The van der Waals surface area contributed by atoms with Crippen molar-refractivity contribution in [2.75, 3.05) is 0 Å². The van der Waals surface area contributed by atoms with Crippen LogP contribution in [-0.2, 0) is 11.2 Å². The van der Waals surface area contributed by atoms with Gasteiger partial charge in [-0.05, 0) is 47.4 Å². The number of para-hydroxylation sites is 1. The predicted molar refractivity (Wildman–Crippen MR) is 117 cm³/mol. The summed E-state index contributed by atoms with van der Waals surface area (Å²) in [5.41, 5.74) is 0.468. The number of halogens is 2. The van der Waals surface area contributed by atoms with Crippen LogP contribution in [0.25, 0.3) is 10.9 Å². The summed E-state index contributed by atoms with van der Waals surface area (Å²) in [6.07, 6.45) is -5.68. The molecular weight excluding hydrogens is 437 g/mol. The molecule has 1 unspecified atom stereocenters. The molecule has 1 aliphatic carbocycles. The maximum absolute atomic E-state index is 14.1. The lowest BCUT2D eigenvalue weighted by atomic mass is 9.76. The average molecular weight is 462 g/mol. The quantitative estimate of drug-likeness (QED) is 0.375. The first-order valence-corrected chi connectivity index (χ1v) is 11.0. The van der Waals surface area contributed by atoms with E-state index in [1.54, 1.807) is 18.2 Å². The number of H-pyrrole nitrogens is 1. The number of ether oxygens (including phenoxy) is 1. The molecule has 3 aromatic rings. The van der Waals surface area contributed by atoms with E-state index in [2.05, 4.69) is 4.98 Å². The van der Waals surface area contributed by atoms with Gasteiger partial charge in [-0.25, -0.2) is 4.39 Å². The number of rotatable bonds is 5. The van der Waals surface area contributed by atoms with Crippen LogP contribution in [0.15, 0.2) is 54.6 Å². The van der Waals surface area contributed by atoms with E-state index in [1.165, 1.54) is 5.56 Å². The van der Waals surface area contributed by atoms with Crippen LogP contribution in [0.1, 0.15) is 41.7 Å². The maximum Gasteiger partial charge on any atom is 0.227 e. The van der Waals surface area contributed by atoms with Gasteiger partial charge in [0, 0.05) is 17.6 Å². The van der Waals surface area contributed by atoms with Gasteiger partial charge in [0.25, 0.3) is 0 Å². The highest BCUT2D eigenvalue weighted by Gasteiger charge is 2.66. The van der Waals surface area contributed by atoms with Crippen LogP contribution >= 0.6 is 11.6 Å². The first kappa shape index (κ1) is 21.8. The highest BCUT2D eigenvalue weighted by Crippen LogP contribution is 2.49. The number of alkyl halides is 2. The molecule has 2 fully saturated rings. The summed E-state index contributed by atoms with van der Waals surface area (Å²) in [5.74, 6) is 0.545. The molecular formula is C24H25ClFNO5. The Morgan fingerprint density at radius 2 is 1.81 bits per heavy atom. The summed E-state index contributed by atoms with van der Waals surface area (Å²) < 4.78 is 19.7. The van der Waals surface area contributed by atoms with Gasteiger partial charge in [0.1, 0.15) is 17.8 Å². The Hall–Kier alpha value is -2.00. The van der Waals surface area contributed by atoms with Gasteiger partial charge in [-0.1, -0.05) is 54.1 Å². The highest BCUT2D eigenvalue weighted by atomic mass is 35.5. The second kappa shape index (κ2) is 7.80. The fourth-order valence-corrected chi connectivity index (χ4v) is 4.96. The van der Waals surface area contributed by atoms with Crippen molar-refractivity contribution in [1.29, 1.82) is 0 Å². The molecule has 0 amide bonds. The van der Waals surface area contributed by atoms with E-state index in [9.17, 15) is 24.8 Å². The zero-order chi connectivity index (χ0) is 22.7. The summed E-state index contributed by atoms with van der Waals surface area (Å²) in [4.78, 5) is 3.09. The fraction of sp³-hybridized carbons (Fsp3) is 0.417. The summed E-state index contributed by atoms with van der Waals surface area (Å²) in [6.45, 7) is 0. The highest BCUT2D eigenvalue weighted by molar-refractivity contribution is 6.24. The molecule has 1 saturated carbocycles. The summed E-state index contributed by atoms with van der Waals surface area (Å²) in [6, 6.07) is 16.5. The number of aliphatic hydroxyl groups is 4. The summed E-state index contributed by atoms with van der Waals surface area (Å²) in [5, 5.41) is 41.3. The van der Waals surface area contributed by atoms with Crippen LogP contribution in [-0.4, -0.2) is 54.6 Å². The van der Waals surface area contributed by atoms with Gasteiger partial charge in [-0.2, -0.15) is 0 Å². The number of hydrogen-bond acceptors (Lipinski definition) is 5. The van der Waals surface area contributed by atoms with Crippen molar-refractivity contribution >= 4 is 22.5 Å². The first-order chi connectivity index (χ1) is 15.2. The average Bonchev–Trinajstić information content (AvgIpc) is 3.51. The van der Waals surface area contributed by atoms with Crippen molar-refractivity contribution in [3.8, 4) is 0 Å². The lowest BCUT2D eigenvalue weighted by Gasteiger charge is -2.52. The Balaban J connectivity index is 1.52. The van der Waals surface area contributed by atoms with Crippen molar-refractivity contribution < 1.29 is 29.6 Å². The molecule has 8 heteroatoms. The third-order valence-electron chi connectivity index (χ3n) is 6.66. The van der Waals surface area contributed by atoms with Gasteiger partial charge in [0.05, 0.1) is 0 Å². The molecule has 1 saturated heterocycles. The topological polar surface area (TPSA) is 106 Å². The second-order valence-corrected chi connectivity index (χ2v) is 9.47. The largest absolute Gasteiger partial charge is 0.387 e. The van der Waals surface area contributed by atoms with Crippen LogP contribution in [0.3, 0.4) is 0 Å². The molecule has 6 nitrogen and oxygen atoms in total. The van der Waals surface area contributed by atoms with Crippen molar-refractivity contribution in [3.05, 3.63) is 71.4 Å². The summed E-state index contributed by atoms with van der Waals surface area (Å²) in [7, 11) is 0. The fourth-order valence-electron chi connectivity index (χ4n) is 4.63. The zero-order valence-electron chi connectivity index (χ0n) is 17.2. The molecule has 0 bridgehead atoms. The number of aromatic nitrogens is 1. The number of hydrogen-bond donors (Lipinski definition) is 5. The van der Waals surface area contributed by atoms with E-state index in [1.807, 2.05) is 36.4 Å². The van der Waals surface area contributed by atoms with E-state index in [0.717, 1.165) is 23.7 Å². The second-order valence-electron chi connectivity index (χ2n) is 8.90. The monoisotopic (exact) mass is 461 g/mol. The minimum atomic E-state index is -2.79. The molecule has 5 rings (SSSR count). The Morgan fingerprint density at radius 3 is 2.44 bits per heavy atom. The normalized spacial score (nSPS) is 34.0. The van der Waals surface area contributed by atoms with Crippen LogP contribution in [0.2, 0.25) is 0 Å². The maximum atomic E-state index is 14.1. The first-order valence-electron chi connectivity index (χ1n) is 10.7. The lowest BCUT2D eigenvalue weighted by Crippen LogP contribution is -2.72. The molecule has 5 N–H and O–H groups in total. The van der Waals surface area contributed by atoms with Crippen molar-refractivity contribution in [3.63, 3.8) is 0 Å². The van der Waals surface area contributed by atoms with Gasteiger partial charge in [-0.3, -0.25) is 0 Å². The van der Waals surface area contributed by atoms with Crippen LogP contribution in [0.5, 0.6) is 0 Å². The minimum Gasteiger partial charge on any atom is -0.387 e. The van der Waals surface area contributed by atoms with Crippen LogP contribution in [0.4, 0.5) is 4.39 Å². The molecule has 1 aliphatic heterocycles. The molecule has 0 spiro atoms. The van der Waals surface area contributed by atoms with E-state index >= 15 is 0 Å². The Labute approximate surface area is 189 Å². The van der Waals surface area contributed by atoms with Gasteiger partial charge in [0.15, 0.2) is 6.10 Å². The Morgan fingerprint density at radius 1 is 1.12 bits per heavy atom. The van der Waals surface area contributed by atoms with Gasteiger partial charge in [-0.15, -0.1) is 0 Å². The van der Waals surface area contributed by atoms with Crippen molar-refractivity contribution in [2.24, 2.45) is 0 Å². The SMILES string of the molecule is OC(F)[C@H]1O[C@@H](c2cc3ccccc3[nH]2)[C@H](O)[C@](O)(Cc2ccc(C3CC3)cc2)[C@@]1(O)Cl. The number of aromatic amines is 1. The zero-order valence-corrected chi connectivity index (χ0v) is 17.9. The standard InChI is InChI=1S/C24H25ClFNO5/c25-24(31)21(22(26)29)32-19(18-11-16-3-1-2-4-17(16)27-18)20(28)23(24,30)12-13-5-7-14(8-6-13)15-9-10-15/h1-8,11,15,19-22,27-31H,9-10,12H2/t19-,20-,21+,22?,23+,24+/m0/s1. The van der Waals surface area contributed by atoms with Crippen LogP contribution in [0, 0.1) is 0 Å². The van der Waals surface area contributed by atoms with Crippen LogP contribution < -0.4 is 0 Å². The van der Waals surface area contributed by atoms with E-state index in [4.69, 9.17) is 16.3 Å². The lowest BCUT2D eigenvalue weighted by molar-refractivity contribution is -0.315. The Bertz CT molecular complexity index is 1080. The number of benzene rings is 2. The van der Waals surface area contributed by atoms with Gasteiger partial charge in [0.2, 0.25) is 11.4 Å². The van der Waals surface area contributed by atoms with Gasteiger partial charge < -0.3 is 30.1 Å². The minimum absolute atomic E-state index is 0.275. The van der Waals surface area contributed by atoms with Crippen molar-refractivity contribution in [2.45, 2.75) is 60.5 Å². The molecule has 2 heterocycles. The molecule has 6 atom stereocenters. The molecule has 0 radical (unpaired) electrons. The third kappa shape index (κ3) is 3.53. The summed E-state index contributed by atoms with van der Waals surface area (Å²) >= 11 is 6.22. The molecule has 32 heavy (non-hydrogen) atoms. The third-order valence-corrected chi connectivity index (χ3v) is 7.21.